The Morgan fingerprint density at radius 1 is 1.03 bits per heavy atom. The number of carbonyl (C=O) groups is 2. The molecule has 0 N–H and O–H groups in total. The second-order valence-corrected chi connectivity index (χ2v) is 8.88. The summed E-state index contributed by atoms with van der Waals surface area (Å²) >= 11 is 0. The van der Waals surface area contributed by atoms with Crippen LogP contribution in [0.2, 0.25) is 0 Å². The number of benzene rings is 1. The molecule has 8 nitrogen and oxygen atoms in total. The molecule has 0 radical (unpaired) electrons. The highest BCUT2D eigenvalue weighted by molar-refractivity contribution is 5.99. The molecule has 1 aromatic heterocycles. The third kappa shape index (κ3) is 5.67. The maximum Gasteiger partial charge on any atom is 0.258 e. The van der Waals surface area contributed by atoms with Gasteiger partial charge in [-0.1, -0.05) is 19.3 Å². The van der Waals surface area contributed by atoms with Crippen molar-refractivity contribution in [1.82, 2.24) is 14.8 Å². The van der Waals surface area contributed by atoms with Crippen molar-refractivity contribution in [2.45, 2.75) is 50.9 Å². The van der Waals surface area contributed by atoms with Gasteiger partial charge < -0.3 is 24.0 Å². The zero-order chi connectivity index (χ0) is 23.9. The fraction of sp³-hybridized carbons (Fsp3) is 0.500. The Kier molecular flexibility index (Phi) is 8.00. The van der Waals surface area contributed by atoms with Gasteiger partial charge in [0.15, 0.2) is 0 Å². The summed E-state index contributed by atoms with van der Waals surface area (Å²) in [6.45, 7) is 1.24. The molecule has 0 spiro atoms. The molecule has 1 aromatic carbocycles. The van der Waals surface area contributed by atoms with Gasteiger partial charge in [0.25, 0.3) is 5.91 Å². The lowest BCUT2D eigenvalue weighted by Gasteiger charge is -2.34. The van der Waals surface area contributed by atoms with Crippen LogP contribution in [0.25, 0.3) is 0 Å². The topological polar surface area (TPSA) is 81.2 Å². The smallest absolute Gasteiger partial charge is 0.258 e. The van der Waals surface area contributed by atoms with Crippen molar-refractivity contribution < 1.29 is 23.8 Å². The zero-order valence-corrected chi connectivity index (χ0v) is 19.9. The van der Waals surface area contributed by atoms with E-state index in [0.29, 0.717) is 36.8 Å². The summed E-state index contributed by atoms with van der Waals surface area (Å²) in [5.41, 5.74) is 1.40. The Balaban J connectivity index is 1.56. The first kappa shape index (κ1) is 24.0. The molecule has 1 aliphatic carbocycles. The quantitative estimate of drug-likeness (QED) is 0.622. The van der Waals surface area contributed by atoms with Gasteiger partial charge in [-0.3, -0.25) is 14.6 Å². The van der Waals surface area contributed by atoms with E-state index in [2.05, 4.69) is 4.98 Å². The Morgan fingerprint density at radius 2 is 1.79 bits per heavy atom. The lowest BCUT2D eigenvalue weighted by Crippen LogP contribution is -2.46. The molecule has 8 heteroatoms. The van der Waals surface area contributed by atoms with Crippen molar-refractivity contribution in [1.29, 1.82) is 0 Å². The van der Waals surface area contributed by atoms with Crippen LogP contribution in [0.5, 0.6) is 11.5 Å². The van der Waals surface area contributed by atoms with Crippen molar-refractivity contribution in [2.75, 3.05) is 33.9 Å². The van der Waals surface area contributed by atoms with Crippen LogP contribution in [0.3, 0.4) is 0 Å². The summed E-state index contributed by atoms with van der Waals surface area (Å²) < 4.78 is 17.0. The molecule has 2 heterocycles. The fourth-order valence-corrected chi connectivity index (χ4v) is 4.79. The molecule has 1 saturated heterocycles. The summed E-state index contributed by atoms with van der Waals surface area (Å²) in [7, 11) is 3.08. The third-order valence-corrected chi connectivity index (χ3v) is 6.65. The van der Waals surface area contributed by atoms with E-state index in [1.54, 1.807) is 42.6 Å². The highest BCUT2D eigenvalue weighted by atomic mass is 16.5. The predicted molar refractivity (Wildman–Crippen MR) is 127 cm³/mol. The monoisotopic (exact) mass is 467 g/mol. The number of hydrogen-bond donors (Lipinski definition) is 0. The molecule has 34 heavy (non-hydrogen) atoms. The molecule has 0 unspecified atom stereocenters. The van der Waals surface area contributed by atoms with Crippen LogP contribution < -0.4 is 9.47 Å². The standard InChI is InChI=1S/C26H33N3O5/c1-32-21-8-9-23(24(14-21)33-2)26(31)28-15-22(34-18-19-10-12-27-13-11-19)16-29(25(30)17-28)20-6-4-3-5-7-20/h8-14,20,22H,3-7,15-18H2,1-2H3/t22-/m0/s1. The minimum atomic E-state index is -0.297. The van der Waals surface area contributed by atoms with Crippen LogP contribution in [0.1, 0.15) is 48.0 Å². The molecule has 2 aromatic rings. The number of carbonyl (C=O) groups excluding carboxylic acids is 2. The van der Waals surface area contributed by atoms with E-state index in [9.17, 15) is 9.59 Å². The van der Waals surface area contributed by atoms with Crippen molar-refractivity contribution in [3.63, 3.8) is 0 Å². The molecule has 1 aliphatic heterocycles. The van der Waals surface area contributed by atoms with E-state index in [0.717, 1.165) is 31.2 Å². The molecule has 2 aliphatic rings. The Bertz CT molecular complexity index is 978. The number of rotatable bonds is 7. The van der Waals surface area contributed by atoms with Crippen LogP contribution in [0, 0.1) is 0 Å². The van der Waals surface area contributed by atoms with Gasteiger partial charge in [-0.25, -0.2) is 0 Å². The summed E-state index contributed by atoms with van der Waals surface area (Å²) in [6, 6.07) is 9.11. The van der Waals surface area contributed by atoms with Crippen molar-refractivity contribution >= 4 is 11.8 Å². The largest absolute Gasteiger partial charge is 0.497 e. The maximum atomic E-state index is 13.6. The van der Waals surface area contributed by atoms with Crippen molar-refractivity contribution in [3.8, 4) is 11.5 Å². The molecule has 2 amide bonds. The van der Waals surface area contributed by atoms with Gasteiger partial charge in [-0.05, 0) is 42.7 Å². The molecule has 2 fully saturated rings. The maximum absolute atomic E-state index is 13.6. The highest BCUT2D eigenvalue weighted by Crippen LogP contribution is 2.28. The average molecular weight is 468 g/mol. The Hall–Kier alpha value is -3.13. The lowest BCUT2D eigenvalue weighted by atomic mass is 9.94. The van der Waals surface area contributed by atoms with Crippen LogP contribution in [-0.4, -0.2) is 72.6 Å². The summed E-state index contributed by atoms with van der Waals surface area (Å²) in [5.74, 6) is 0.736. The van der Waals surface area contributed by atoms with Crippen molar-refractivity contribution in [3.05, 3.63) is 53.9 Å². The van der Waals surface area contributed by atoms with Crippen LogP contribution in [-0.2, 0) is 16.1 Å². The van der Waals surface area contributed by atoms with Crippen LogP contribution >= 0.6 is 0 Å². The second-order valence-electron chi connectivity index (χ2n) is 8.88. The number of amides is 2. The minimum absolute atomic E-state index is 0.0252. The fourth-order valence-electron chi connectivity index (χ4n) is 4.79. The van der Waals surface area contributed by atoms with E-state index in [1.165, 1.54) is 13.5 Å². The van der Waals surface area contributed by atoms with Gasteiger partial charge in [0.05, 0.1) is 32.5 Å². The SMILES string of the molecule is COc1ccc(C(=O)N2CC(=O)N(C3CCCCC3)C[C@@H](OCc3ccncc3)C2)c(OC)c1. The van der Waals surface area contributed by atoms with Gasteiger partial charge in [0, 0.05) is 37.6 Å². The number of hydrogen-bond acceptors (Lipinski definition) is 6. The van der Waals surface area contributed by atoms with Gasteiger partial charge in [-0.15, -0.1) is 0 Å². The van der Waals surface area contributed by atoms with Gasteiger partial charge in [-0.2, -0.15) is 0 Å². The summed E-state index contributed by atoms with van der Waals surface area (Å²) in [6.07, 6.45) is 8.64. The predicted octanol–water partition coefficient (Wildman–Crippen LogP) is 3.30. The number of ether oxygens (including phenoxy) is 3. The van der Waals surface area contributed by atoms with E-state index >= 15 is 0 Å². The van der Waals surface area contributed by atoms with E-state index in [-0.39, 0.29) is 30.5 Å². The second kappa shape index (κ2) is 11.3. The number of pyridine rings is 1. The van der Waals surface area contributed by atoms with Gasteiger partial charge >= 0.3 is 0 Å². The molecule has 1 saturated carbocycles. The zero-order valence-electron chi connectivity index (χ0n) is 19.9. The summed E-state index contributed by atoms with van der Waals surface area (Å²) in [5, 5.41) is 0. The minimum Gasteiger partial charge on any atom is -0.497 e. The van der Waals surface area contributed by atoms with E-state index in [4.69, 9.17) is 14.2 Å². The van der Waals surface area contributed by atoms with Crippen LogP contribution in [0.4, 0.5) is 0 Å². The Morgan fingerprint density at radius 3 is 2.50 bits per heavy atom. The average Bonchev–Trinajstić information content (AvgIpc) is 3.06. The van der Waals surface area contributed by atoms with E-state index < -0.39 is 0 Å². The number of aromatic nitrogens is 1. The van der Waals surface area contributed by atoms with E-state index in [1.807, 2.05) is 17.0 Å². The lowest BCUT2D eigenvalue weighted by molar-refractivity contribution is -0.134. The molecular weight excluding hydrogens is 434 g/mol. The number of nitrogens with zero attached hydrogens (tertiary/aromatic N) is 3. The molecular formula is C26H33N3O5. The molecule has 1 atom stereocenters. The van der Waals surface area contributed by atoms with Gasteiger partial charge in [0.1, 0.15) is 18.0 Å². The molecule has 182 valence electrons. The van der Waals surface area contributed by atoms with Crippen molar-refractivity contribution in [2.24, 2.45) is 0 Å². The number of methoxy groups -OCH3 is 2. The molecule has 0 bridgehead atoms. The van der Waals surface area contributed by atoms with Gasteiger partial charge in [0.2, 0.25) is 5.91 Å². The Labute approximate surface area is 200 Å². The first-order valence-electron chi connectivity index (χ1n) is 11.9. The summed E-state index contributed by atoms with van der Waals surface area (Å²) in [4.78, 5) is 34.5. The van der Waals surface area contributed by atoms with Crippen LogP contribution in [0.15, 0.2) is 42.7 Å². The normalized spacial score (nSPS) is 19.6. The first-order chi connectivity index (χ1) is 16.6. The molecule has 4 rings (SSSR count). The first-order valence-corrected chi connectivity index (χ1v) is 11.9. The highest BCUT2D eigenvalue weighted by Gasteiger charge is 2.35. The third-order valence-electron chi connectivity index (χ3n) is 6.65.